The average Bonchev–Trinajstić information content (AvgIpc) is 2.77. The lowest BCUT2D eigenvalue weighted by atomic mass is 9.89. The van der Waals surface area contributed by atoms with Gasteiger partial charge in [-0.1, -0.05) is 46.5 Å². The van der Waals surface area contributed by atoms with E-state index in [4.69, 9.17) is 0 Å². The third-order valence-corrected chi connectivity index (χ3v) is 5.04. The van der Waals surface area contributed by atoms with Crippen LogP contribution in [0.2, 0.25) is 0 Å². The van der Waals surface area contributed by atoms with E-state index in [2.05, 4.69) is 31.0 Å². The van der Waals surface area contributed by atoms with Crippen LogP contribution >= 0.6 is 0 Å². The lowest BCUT2D eigenvalue weighted by Crippen LogP contribution is -2.64. The van der Waals surface area contributed by atoms with Crippen LogP contribution in [0, 0.1) is 5.92 Å². The smallest absolute Gasteiger partial charge is 0.0309 e. The fourth-order valence-corrected chi connectivity index (χ4v) is 3.87. The number of hydrogen-bond acceptors (Lipinski definition) is 2. The van der Waals surface area contributed by atoms with Gasteiger partial charge in [0, 0.05) is 24.7 Å². The molecular weight excluding hydrogens is 220 g/mol. The maximum absolute atomic E-state index is 3.90. The third-order valence-electron chi connectivity index (χ3n) is 5.04. The molecule has 1 heterocycles. The second-order valence-electron chi connectivity index (χ2n) is 6.86. The van der Waals surface area contributed by atoms with E-state index in [-0.39, 0.29) is 0 Å². The van der Waals surface area contributed by atoms with Gasteiger partial charge in [-0.3, -0.25) is 4.90 Å². The Labute approximate surface area is 114 Å². The van der Waals surface area contributed by atoms with Crippen molar-refractivity contribution < 1.29 is 0 Å². The minimum Gasteiger partial charge on any atom is -0.308 e. The highest BCUT2D eigenvalue weighted by Crippen LogP contribution is 2.34. The highest BCUT2D eigenvalue weighted by Gasteiger charge is 2.41. The van der Waals surface area contributed by atoms with Gasteiger partial charge in [0.25, 0.3) is 0 Å². The van der Waals surface area contributed by atoms with Crippen LogP contribution in [0.1, 0.15) is 65.7 Å². The van der Waals surface area contributed by atoms with Crippen LogP contribution in [0.15, 0.2) is 0 Å². The molecule has 0 radical (unpaired) electrons. The second-order valence-corrected chi connectivity index (χ2v) is 6.86. The van der Waals surface area contributed by atoms with Crippen molar-refractivity contribution in [2.24, 2.45) is 5.92 Å². The monoisotopic (exact) mass is 252 g/mol. The summed E-state index contributed by atoms with van der Waals surface area (Å²) in [6, 6.07) is 0.757. The van der Waals surface area contributed by atoms with Gasteiger partial charge < -0.3 is 5.32 Å². The minimum absolute atomic E-state index is 0.484. The van der Waals surface area contributed by atoms with Gasteiger partial charge in [0.1, 0.15) is 0 Å². The largest absolute Gasteiger partial charge is 0.308 e. The van der Waals surface area contributed by atoms with Gasteiger partial charge in [-0.25, -0.2) is 0 Å². The van der Waals surface area contributed by atoms with Crippen LogP contribution in [-0.2, 0) is 0 Å². The van der Waals surface area contributed by atoms with Crippen molar-refractivity contribution in [2.75, 3.05) is 19.6 Å². The molecule has 1 unspecified atom stereocenters. The highest BCUT2D eigenvalue weighted by atomic mass is 15.3. The summed E-state index contributed by atoms with van der Waals surface area (Å²) >= 11 is 0. The maximum atomic E-state index is 3.90. The van der Waals surface area contributed by atoms with Crippen LogP contribution in [0.3, 0.4) is 0 Å². The molecule has 2 rings (SSSR count). The summed E-state index contributed by atoms with van der Waals surface area (Å²) in [6.45, 7) is 10.9. The quantitative estimate of drug-likeness (QED) is 0.754. The Morgan fingerprint density at radius 3 is 2.56 bits per heavy atom. The van der Waals surface area contributed by atoms with Crippen molar-refractivity contribution in [1.29, 1.82) is 0 Å². The van der Waals surface area contributed by atoms with Crippen molar-refractivity contribution in [3.05, 3.63) is 0 Å². The molecule has 1 saturated carbocycles. The Morgan fingerprint density at radius 2 is 1.94 bits per heavy atom. The Kier molecular flexibility index (Phi) is 5.08. The molecule has 0 amide bonds. The molecular formula is C16H32N2. The van der Waals surface area contributed by atoms with Gasteiger partial charge in [-0.15, -0.1) is 0 Å². The fraction of sp³-hybridized carbons (Fsp3) is 1.00. The van der Waals surface area contributed by atoms with Gasteiger partial charge in [0.2, 0.25) is 0 Å². The van der Waals surface area contributed by atoms with Crippen LogP contribution < -0.4 is 5.32 Å². The molecule has 1 N–H and O–H groups in total. The van der Waals surface area contributed by atoms with Crippen LogP contribution in [0.5, 0.6) is 0 Å². The Hall–Kier alpha value is -0.0800. The molecule has 2 heteroatoms. The number of unbranched alkanes of at least 4 members (excludes halogenated alkanes) is 2. The summed E-state index contributed by atoms with van der Waals surface area (Å²) in [5, 5.41) is 3.90. The van der Waals surface area contributed by atoms with E-state index in [1.165, 1.54) is 64.6 Å². The predicted molar refractivity (Wildman–Crippen MR) is 78.9 cm³/mol. The first-order chi connectivity index (χ1) is 8.67. The van der Waals surface area contributed by atoms with E-state index >= 15 is 0 Å². The van der Waals surface area contributed by atoms with Gasteiger partial charge >= 0.3 is 0 Å². The molecule has 0 aromatic heterocycles. The zero-order chi connectivity index (χ0) is 13.0. The molecule has 2 nitrogen and oxygen atoms in total. The van der Waals surface area contributed by atoms with E-state index in [1.54, 1.807) is 0 Å². The SMILES string of the molecule is CCCCCN1CC2(CCCC2)NCC1C(C)C. The first-order valence-corrected chi connectivity index (χ1v) is 8.16. The zero-order valence-corrected chi connectivity index (χ0v) is 12.7. The van der Waals surface area contributed by atoms with Crippen molar-refractivity contribution >= 4 is 0 Å². The van der Waals surface area contributed by atoms with Gasteiger partial charge in [0.15, 0.2) is 0 Å². The fourth-order valence-electron chi connectivity index (χ4n) is 3.87. The second kappa shape index (κ2) is 6.38. The normalized spacial score (nSPS) is 28.3. The van der Waals surface area contributed by atoms with Crippen molar-refractivity contribution in [1.82, 2.24) is 10.2 Å². The van der Waals surface area contributed by atoms with Crippen LogP contribution in [-0.4, -0.2) is 36.1 Å². The number of nitrogens with one attached hydrogen (secondary N) is 1. The summed E-state index contributed by atoms with van der Waals surface area (Å²) < 4.78 is 0. The lowest BCUT2D eigenvalue weighted by Gasteiger charge is -2.48. The molecule has 0 aromatic rings. The molecule has 1 aliphatic heterocycles. The lowest BCUT2D eigenvalue weighted by molar-refractivity contribution is 0.0557. The molecule has 18 heavy (non-hydrogen) atoms. The Morgan fingerprint density at radius 1 is 1.22 bits per heavy atom. The van der Waals surface area contributed by atoms with E-state index in [0.29, 0.717) is 5.54 Å². The first-order valence-electron chi connectivity index (χ1n) is 8.16. The van der Waals surface area contributed by atoms with Crippen molar-refractivity contribution in [2.45, 2.75) is 77.3 Å². The van der Waals surface area contributed by atoms with Crippen LogP contribution in [0.25, 0.3) is 0 Å². The number of nitrogens with zero attached hydrogens (tertiary/aromatic N) is 1. The third kappa shape index (κ3) is 3.27. The first kappa shape index (κ1) is 14.3. The van der Waals surface area contributed by atoms with Gasteiger partial charge in [0.05, 0.1) is 0 Å². The highest BCUT2D eigenvalue weighted by molar-refractivity contribution is 5.01. The van der Waals surface area contributed by atoms with Gasteiger partial charge in [-0.05, 0) is 31.7 Å². The topological polar surface area (TPSA) is 15.3 Å². The Balaban J connectivity index is 1.94. The molecule has 2 aliphatic rings. The van der Waals surface area contributed by atoms with Gasteiger partial charge in [-0.2, -0.15) is 0 Å². The summed E-state index contributed by atoms with van der Waals surface area (Å²) in [4.78, 5) is 2.81. The molecule has 106 valence electrons. The van der Waals surface area contributed by atoms with Crippen LogP contribution in [0.4, 0.5) is 0 Å². The Bertz CT molecular complexity index is 243. The summed E-state index contributed by atoms with van der Waals surface area (Å²) in [5.41, 5.74) is 0.484. The van der Waals surface area contributed by atoms with E-state index in [9.17, 15) is 0 Å². The molecule has 0 bridgehead atoms. The number of rotatable bonds is 5. The summed E-state index contributed by atoms with van der Waals surface area (Å²) in [6.07, 6.45) is 9.79. The van der Waals surface area contributed by atoms with Crippen molar-refractivity contribution in [3.8, 4) is 0 Å². The molecule has 1 saturated heterocycles. The number of hydrogen-bond donors (Lipinski definition) is 1. The average molecular weight is 252 g/mol. The molecule has 1 aliphatic carbocycles. The molecule has 0 aromatic carbocycles. The summed E-state index contributed by atoms with van der Waals surface area (Å²) in [7, 11) is 0. The summed E-state index contributed by atoms with van der Waals surface area (Å²) in [5.74, 6) is 0.776. The molecule has 2 fully saturated rings. The molecule has 1 spiro atoms. The number of piperazine rings is 1. The molecule has 1 atom stereocenters. The van der Waals surface area contributed by atoms with E-state index in [0.717, 1.165) is 12.0 Å². The van der Waals surface area contributed by atoms with E-state index in [1.807, 2.05) is 0 Å². The predicted octanol–water partition coefficient (Wildman–Crippen LogP) is 3.42. The van der Waals surface area contributed by atoms with E-state index < -0.39 is 0 Å². The standard InChI is InChI=1S/C16H32N2/c1-4-5-8-11-18-13-16(9-6-7-10-16)17-12-15(18)14(2)3/h14-15,17H,4-13H2,1-3H3. The van der Waals surface area contributed by atoms with Crippen molar-refractivity contribution in [3.63, 3.8) is 0 Å². The zero-order valence-electron chi connectivity index (χ0n) is 12.7. The maximum Gasteiger partial charge on any atom is 0.0309 e. The minimum atomic E-state index is 0.484.